The van der Waals surface area contributed by atoms with Crippen LogP contribution in [0.25, 0.3) is 21.3 Å². The topological polar surface area (TPSA) is 12.9 Å². The van der Waals surface area contributed by atoms with Crippen molar-refractivity contribution in [3.63, 3.8) is 0 Å². The number of hydrogen-bond donors (Lipinski definition) is 0. The van der Waals surface area contributed by atoms with Crippen LogP contribution in [-0.4, -0.2) is 4.98 Å². The number of hydrogen-bond acceptors (Lipinski definition) is 2. The van der Waals surface area contributed by atoms with Crippen molar-refractivity contribution >= 4 is 21.4 Å². The lowest BCUT2D eigenvalue weighted by atomic mass is 9.94. The molecule has 0 aliphatic heterocycles. The van der Waals surface area contributed by atoms with Gasteiger partial charge in [-0.05, 0) is 59.9 Å². The summed E-state index contributed by atoms with van der Waals surface area (Å²) >= 11 is 1.74. The van der Waals surface area contributed by atoms with E-state index in [1.807, 2.05) is 6.20 Å². The summed E-state index contributed by atoms with van der Waals surface area (Å²) in [4.78, 5) is 4.63. The Kier molecular flexibility index (Phi) is 3.58. The number of aryl methyl sites for hydroxylation is 1. The van der Waals surface area contributed by atoms with Crippen LogP contribution in [0.5, 0.6) is 0 Å². The van der Waals surface area contributed by atoms with E-state index in [9.17, 15) is 0 Å². The SMILES string of the molecule is CCC(C)c1cc(C)cc(-c2cc3ccsc3cn2)c1. The maximum Gasteiger partial charge on any atom is 0.0709 e. The molecular formula is C18H19NS. The second kappa shape index (κ2) is 5.37. The molecule has 102 valence electrons. The standard InChI is InChI=1S/C18H19NS/c1-4-13(3)15-7-12(2)8-16(9-15)17-10-14-5-6-20-18(14)11-19-17/h5-11,13H,4H2,1-3H3. The van der Waals surface area contributed by atoms with Gasteiger partial charge in [-0.2, -0.15) is 0 Å². The highest BCUT2D eigenvalue weighted by atomic mass is 32.1. The Bertz CT molecular complexity index is 742. The van der Waals surface area contributed by atoms with Gasteiger partial charge in [0.15, 0.2) is 0 Å². The smallest absolute Gasteiger partial charge is 0.0709 e. The first kappa shape index (κ1) is 13.3. The quantitative estimate of drug-likeness (QED) is 0.592. The summed E-state index contributed by atoms with van der Waals surface area (Å²) in [6, 6.07) is 11.2. The van der Waals surface area contributed by atoms with Crippen molar-refractivity contribution in [1.29, 1.82) is 0 Å². The molecule has 0 aliphatic carbocycles. The lowest BCUT2D eigenvalue weighted by Gasteiger charge is -2.12. The van der Waals surface area contributed by atoms with Crippen LogP contribution in [0.15, 0.2) is 41.9 Å². The highest BCUT2D eigenvalue weighted by Gasteiger charge is 2.08. The van der Waals surface area contributed by atoms with E-state index in [4.69, 9.17) is 0 Å². The molecule has 1 unspecified atom stereocenters. The minimum absolute atomic E-state index is 0.596. The zero-order chi connectivity index (χ0) is 14.1. The average molecular weight is 281 g/mol. The Balaban J connectivity index is 2.10. The summed E-state index contributed by atoms with van der Waals surface area (Å²) in [5, 5.41) is 3.41. The van der Waals surface area contributed by atoms with E-state index in [0.29, 0.717) is 5.92 Å². The molecule has 1 atom stereocenters. The molecule has 0 spiro atoms. The molecule has 1 aromatic carbocycles. The summed E-state index contributed by atoms with van der Waals surface area (Å²) in [6.45, 7) is 6.69. The Labute approximate surface area is 124 Å². The van der Waals surface area contributed by atoms with Gasteiger partial charge in [0, 0.05) is 11.8 Å². The molecule has 0 fully saturated rings. The van der Waals surface area contributed by atoms with Gasteiger partial charge in [0.25, 0.3) is 0 Å². The first-order valence-corrected chi connectivity index (χ1v) is 8.00. The zero-order valence-corrected chi connectivity index (χ0v) is 13.0. The third kappa shape index (κ3) is 2.48. The number of thiophene rings is 1. The Morgan fingerprint density at radius 1 is 1.20 bits per heavy atom. The molecule has 0 N–H and O–H groups in total. The monoisotopic (exact) mass is 281 g/mol. The number of pyridine rings is 1. The molecule has 0 bridgehead atoms. The predicted molar refractivity (Wildman–Crippen MR) is 88.5 cm³/mol. The van der Waals surface area contributed by atoms with E-state index in [-0.39, 0.29) is 0 Å². The second-order valence-electron chi connectivity index (χ2n) is 5.47. The van der Waals surface area contributed by atoms with Crippen LogP contribution >= 0.6 is 11.3 Å². The average Bonchev–Trinajstić information content (AvgIpc) is 2.93. The van der Waals surface area contributed by atoms with E-state index < -0.39 is 0 Å². The highest BCUT2D eigenvalue weighted by molar-refractivity contribution is 7.17. The molecule has 20 heavy (non-hydrogen) atoms. The van der Waals surface area contributed by atoms with Gasteiger partial charge in [-0.1, -0.05) is 25.5 Å². The normalized spacial score (nSPS) is 12.8. The highest BCUT2D eigenvalue weighted by Crippen LogP contribution is 2.29. The summed E-state index contributed by atoms with van der Waals surface area (Å²) in [5.74, 6) is 0.596. The van der Waals surface area contributed by atoms with Gasteiger partial charge in [-0.3, -0.25) is 4.98 Å². The van der Waals surface area contributed by atoms with E-state index in [1.54, 1.807) is 11.3 Å². The third-order valence-corrected chi connectivity index (χ3v) is 4.78. The van der Waals surface area contributed by atoms with Crippen LogP contribution in [0, 0.1) is 6.92 Å². The van der Waals surface area contributed by atoms with E-state index in [2.05, 4.69) is 61.5 Å². The molecule has 2 heteroatoms. The first-order valence-electron chi connectivity index (χ1n) is 7.12. The van der Waals surface area contributed by atoms with Gasteiger partial charge >= 0.3 is 0 Å². The van der Waals surface area contributed by atoms with Gasteiger partial charge < -0.3 is 0 Å². The van der Waals surface area contributed by atoms with Crippen molar-refractivity contribution in [3.8, 4) is 11.3 Å². The number of aromatic nitrogens is 1. The van der Waals surface area contributed by atoms with Crippen molar-refractivity contribution in [2.45, 2.75) is 33.1 Å². The Morgan fingerprint density at radius 2 is 2.05 bits per heavy atom. The van der Waals surface area contributed by atoms with E-state index in [1.165, 1.54) is 33.2 Å². The fraction of sp³-hybridized carbons (Fsp3) is 0.278. The van der Waals surface area contributed by atoms with Crippen molar-refractivity contribution in [2.75, 3.05) is 0 Å². The number of nitrogens with zero attached hydrogens (tertiary/aromatic N) is 1. The number of rotatable bonds is 3. The Hall–Kier alpha value is -1.67. The minimum Gasteiger partial charge on any atom is -0.255 e. The van der Waals surface area contributed by atoms with Crippen molar-refractivity contribution in [3.05, 3.63) is 53.0 Å². The molecule has 0 radical (unpaired) electrons. The van der Waals surface area contributed by atoms with Crippen LogP contribution in [-0.2, 0) is 0 Å². The molecule has 3 aromatic rings. The fourth-order valence-electron chi connectivity index (χ4n) is 2.51. The zero-order valence-electron chi connectivity index (χ0n) is 12.2. The molecule has 3 rings (SSSR count). The van der Waals surface area contributed by atoms with Crippen LogP contribution in [0.4, 0.5) is 0 Å². The van der Waals surface area contributed by atoms with Gasteiger partial charge in [0.2, 0.25) is 0 Å². The number of fused-ring (bicyclic) bond motifs is 1. The molecule has 2 heterocycles. The molecule has 0 amide bonds. The fourth-order valence-corrected chi connectivity index (χ4v) is 3.24. The summed E-state index contributed by atoms with van der Waals surface area (Å²) in [7, 11) is 0. The molecule has 1 nitrogen and oxygen atoms in total. The van der Waals surface area contributed by atoms with Crippen LogP contribution in [0.3, 0.4) is 0 Å². The Morgan fingerprint density at radius 3 is 2.85 bits per heavy atom. The largest absolute Gasteiger partial charge is 0.255 e. The lowest BCUT2D eigenvalue weighted by Crippen LogP contribution is -1.94. The van der Waals surface area contributed by atoms with Crippen molar-refractivity contribution in [1.82, 2.24) is 4.98 Å². The summed E-state index contributed by atoms with van der Waals surface area (Å²) < 4.78 is 1.25. The van der Waals surface area contributed by atoms with Gasteiger partial charge in [0.1, 0.15) is 0 Å². The second-order valence-corrected chi connectivity index (χ2v) is 6.42. The molecule has 0 saturated carbocycles. The maximum atomic E-state index is 4.63. The molecule has 0 aliphatic rings. The van der Waals surface area contributed by atoms with Crippen LogP contribution < -0.4 is 0 Å². The maximum absolute atomic E-state index is 4.63. The van der Waals surface area contributed by atoms with Crippen molar-refractivity contribution in [2.24, 2.45) is 0 Å². The van der Waals surface area contributed by atoms with Gasteiger partial charge in [-0.15, -0.1) is 11.3 Å². The summed E-state index contributed by atoms with van der Waals surface area (Å²) in [6.07, 6.45) is 3.15. The van der Waals surface area contributed by atoms with Crippen LogP contribution in [0.1, 0.15) is 37.3 Å². The number of benzene rings is 1. The minimum atomic E-state index is 0.596. The van der Waals surface area contributed by atoms with E-state index >= 15 is 0 Å². The first-order chi connectivity index (χ1) is 9.67. The van der Waals surface area contributed by atoms with Gasteiger partial charge in [0.05, 0.1) is 10.4 Å². The van der Waals surface area contributed by atoms with E-state index in [0.717, 1.165) is 5.69 Å². The molecule has 0 saturated heterocycles. The molecule has 2 aromatic heterocycles. The lowest BCUT2D eigenvalue weighted by molar-refractivity contribution is 0.733. The third-order valence-electron chi connectivity index (χ3n) is 3.92. The summed E-state index contributed by atoms with van der Waals surface area (Å²) in [5.41, 5.74) is 5.03. The van der Waals surface area contributed by atoms with Gasteiger partial charge in [-0.25, -0.2) is 0 Å². The molecular weight excluding hydrogens is 262 g/mol. The van der Waals surface area contributed by atoms with Crippen LogP contribution in [0.2, 0.25) is 0 Å². The predicted octanol–water partition coefficient (Wildman–Crippen LogP) is 5.79. The van der Waals surface area contributed by atoms with Crippen molar-refractivity contribution < 1.29 is 0 Å².